The Morgan fingerprint density at radius 1 is 0.909 bits per heavy atom. The van der Waals surface area contributed by atoms with Crippen molar-refractivity contribution in [2.45, 2.75) is 37.8 Å². The Balaban J connectivity index is 2.16. The molecule has 66 valence electrons. The first-order valence-electron chi connectivity index (χ1n) is 4.87. The zero-order valence-corrected chi connectivity index (χ0v) is 8.93. The molecule has 0 N–H and O–H groups in total. The Kier molecular flexibility index (Phi) is 1.77. The standard InChI is InChI=1S/C9H20NP/c1-11(2,3)10-8-4-5-9(10)7-6-8/h8-9,11H,4-7H2,1-3H3. The molecule has 0 spiro atoms. The van der Waals surface area contributed by atoms with Gasteiger partial charge in [-0.3, -0.25) is 0 Å². The second kappa shape index (κ2) is 2.44. The average Bonchev–Trinajstić information content (AvgIpc) is 2.40. The summed E-state index contributed by atoms with van der Waals surface area (Å²) in [7, 11) is -0.954. The van der Waals surface area contributed by atoms with E-state index in [1.807, 2.05) is 0 Å². The molecule has 0 aliphatic carbocycles. The molecule has 2 heteroatoms. The predicted molar refractivity (Wildman–Crippen MR) is 54.0 cm³/mol. The summed E-state index contributed by atoms with van der Waals surface area (Å²) in [6.45, 7) is 7.47. The summed E-state index contributed by atoms with van der Waals surface area (Å²) in [4.78, 5) is 0. The van der Waals surface area contributed by atoms with Crippen molar-refractivity contribution in [3.8, 4) is 0 Å². The maximum absolute atomic E-state index is 2.88. The van der Waals surface area contributed by atoms with Crippen molar-refractivity contribution < 1.29 is 0 Å². The van der Waals surface area contributed by atoms with Crippen molar-refractivity contribution in [2.24, 2.45) is 0 Å². The molecule has 0 aromatic rings. The van der Waals surface area contributed by atoms with E-state index >= 15 is 0 Å². The van der Waals surface area contributed by atoms with Gasteiger partial charge in [0.25, 0.3) is 0 Å². The fraction of sp³-hybridized carbons (Fsp3) is 1.00. The minimum absolute atomic E-state index is 0.954. The molecule has 0 radical (unpaired) electrons. The molecular formula is C9H20NP. The first-order valence-corrected chi connectivity index (χ1v) is 8.32. The SMILES string of the molecule is C[PH](C)(C)N1C2CCC1CC2. The number of hydrogen-bond acceptors (Lipinski definition) is 1. The maximum atomic E-state index is 2.88. The van der Waals surface area contributed by atoms with E-state index in [9.17, 15) is 0 Å². The summed E-state index contributed by atoms with van der Waals surface area (Å²) < 4.78 is 2.88. The fourth-order valence-corrected chi connectivity index (χ4v) is 5.72. The third-order valence-electron chi connectivity index (χ3n) is 3.23. The van der Waals surface area contributed by atoms with Crippen LogP contribution in [0.1, 0.15) is 25.7 Å². The van der Waals surface area contributed by atoms with Crippen LogP contribution in [0.5, 0.6) is 0 Å². The summed E-state index contributed by atoms with van der Waals surface area (Å²) in [5, 5.41) is 0. The van der Waals surface area contributed by atoms with Gasteiger partial charge in [0, 0.05) is 0 Å². The Morgan fingerprint density at radius 3 is 1.45 bits per heavy atom. The van der Waals surface area contributed by atoms with E-state index in [1.54, 1.807) is 0 Å². The van der Waals surface area contributed by atoms with Gasteiger partial charge >= 0.3 is 69.8 Å². The Hall–Kier alpha value is 0.390. The molecule has 0 amide bonds. The van der Waals surface area contributed by atoms with Crippen molar-refractivity contribution in [3.05, 3.63) is 0 Å². The van der Waals surface area contributed by atoms with Gasteiger partial charge in [-0.2, -0.15) is 0 Å². The quantitative estimate of drug-likeness (QED) is 0.549. The zero-order chi connectivity index (χ0) is 8.06. The summed E-state index contributed by atoms with van der Waals surface area (Å²) in [5.41, 5.74) is 0. The predicted octanol–water partition coefficient (Wildman–Crippen LogP) is 2.17. The molecule has 0 aromatic carbocycles. The van der Waals surface area contributed by atoms with Gasteiger partial charge in [0.05, 0.1) is 0 Å². The van der Waals surface area contributed by atoms with Gasteiger partial charge in [-0.1, -0.05) is 0 Å². The second-order valence-electron chi connectivity index (χ2n) is 5.04. The van der Waals surface area contributed by atoms with Crippen molar-refractivity contribution in [1.29, 1.82) is 0 Å². The monoisotopic (exact) mass is 173 g/mol. The van der Waals surface area contributed by atoms with Crippen LogP contribution in [0.15, 0.2) is 0 Å². The van der Waals surface area contributed by atoms with Crippen LogP contribution in [-0.4, -0.2) is 36.7 Å². The summed E-state index contributed by atoms with van der Waals surface area (Å²) in [6, 6.07) is 1.98. The van der Waals surface area contributed by atoms with E-state index < -0.39 is 7.41 Å². The van der Waals surface area contributed by atoms with E-state index in [4.69, 9.17) is 0 Å². The second-order valence-corrected chi connectivity index (χ2v) is 9.90. The van der Waals surface area contributed by atoms with Crippen LogP contribution < -0.4 is 0 Å². The van der Waals surface area contributed by atoms with Crippen LogP contribution in [0.25, 0.3) is 0 Å². The average molecular weight is 173 g/mol. The number of nitrogens with zero attached hydrogens (tertiary/aromatic N) is 1. The molecule has 2 fully saturated rings. The Labute approximate surface area is 70.5 Å². The topological polar surface area (TPSA) is 3.24 Å². The van der Waals surface area contributed by atoms with E-state index in [1.165, 1.54) is 25.7 Å². The first kappa shape index (κ1) is 8.01. The number of rotatable bonds is 1. The third kappa shape index (κ3) is 1.23. The van der Waals surface area contributed by atoms with Crippen molar-refractivity contribution in [2.75, 3.05) is 20.0 Å². The number of fused-ring (bicyclic) bond motifs is 2. The Morgan fingerprint density at radius 2 is 1.27 bits per heavy atom. The molecular weight excluding hydrogens is 153 g/mol. The van der Waals surface area contributed by atoms with Crippen LogP contribution in [0, 0.1) is 0 Å². The van der Waals surface area contributed by atoms with Gasteiger partial charge in [0.15, 0.2) is 0 Å². The first-order chi connectivity index (χ1) is 5.09. The number of hydrogen-bond donors (Lipinski definition) is 0. The Bertz CT molecular complexity index is 141. The van der Waals surface area contributed by atoms with Gasteiger partial charge in [0.1, 0.15) is 0 Å². The minimum atomic E-state index is -0.954. The molecule has 0 atom stereocenters. The normalized spacial score (nSPS) is 39.9. The van der Waals surface area contributed by atoms with Gasteiger partial charge in [-0.05, 0) is 0 Å². The molecule has 11 heavy (non-hydrogen) atoms. The molecule has 2 bridgehead atoms. The molecule has 2 rings (SSSR count). The molecule has 0 unspecified atom stereocenters. The van der Waals surface area contributed by atoms with E-state index in [0.29, 0.717) is 0 Å². The van der Waals surface area contributed by atoms with Crippen LogP contribution in [0.2, 0.25) is 0 Å². The molecule has 0 aromatic heterocycles. The van der Waals surface area contributed by atoms with Gasteiger partial charge in [0.2, 0.25) is 0 Å². The van der Waals surface area contributed by atoms with Gasteiger partial charge < -0.3 is 0 Å². The van der Waals surface area contributed by atoms with Crippen LogP contribution in [0.4, 0.5) is 0 Å². The summed E-state index contributed by atoms with van der Waals surface area (Å²) in [6.07, 6.45) is 5.98. The van der Waals surface area contributed by atoms with Crippen molar-refractivity contribution >= 4 is 7.41 Å². The van der Waals surface area contributed by atoms with E-state index in [2.05, 4.69) is 24.7 Å². The molecule has 2 aliphatic heterocycles. The third-order valence-corrected chi connectivity index (χ3v) is 5.51. The van der Waals surface area contributed by atoms with Crippen molar-refractivity contribution in [3.63, 3.8) is 0 Å². The molecule has 1 nitrogen and oxygen atoms in total. The van der Waals surface area contributed by atoms with E-state index in [0.717, 1.165) is 12.1 Å². The molecule has 2 saturated heterocycles. The fourth-order valence-electron chi connectivity index (χ4n) is 3.01. The van der Waals surface area contributed by atoms with Crippen LogP contribution in [-0.2, 0) is 0 Å². The zero-order valence-electron chi connectivity index (χ0n) is 7.93. The van der Waals surface area contributed by atoms with Crippen LogP contribution in [0.3, 0.4) is 0 Å². The molecule has 2 aliphatic rings. The molecule has 0 saturated carbocycles. The van der Waals surface area contributed by atoms with Gasteiger partial charge in [-0.15, -0.1) is 0 Å². The van der Waals surface area contributed by atoms with E-state index in [-0.39, 0.29) is 0 Å². The van der Waals surface area contributed by atoms with Gasteiger partial charge in [-0.25, -0.2) is 0 Å². The molecule has 2 heterocycles. The van der Waals surface area contributed by atoms with Crippen molar-refractivity contribution in [1.82, 2.24) is 4.67 Å². The summed E-state index contributed by atoms with van der Waals surface area (Å²) in [5.74, 6) is 0. The van der Waals surface area contributed by atoms with Crippen LogP contribution >= 0.6 is 7.41 Å². The summed E-state index contributed by atoms with van der Waals surface area (Å²) >= 11 is 0.